The summed E-state index contributed by atoms with van der Waals surface area (Å²) < 4.78 is 22.0. The normalized spacial score (nSPS) is 20.2. The summed E-state index contributed by atoms with van der Waals surface area (Å²) in [6, 6.07) is 0.920. The molecule has 0 bridgehead atoms. The van der Waals surface area contributed by atoms with Gasteiger partial charge >= 0.3 is 5.97 Å². The monoisotopic (exact) mass is 336 g/mol. The maximum Gasteiger partial charge on any atom is 0.341 e. The minimum absolute atomic E-state index is 0. The summed E-state index contributed by atoms with van der Waals surface area (Å²) in [5.74, 6) is -1.68. The molecular formula is C16H17FN2O5. The van der Waals surface area contributed by atoms with Gasteiger partial charge in [-0.3, -0.25) is 4.79 Å². The molecule has 0 radical (unpaired) electrons. The molecule has 2 aliphatic rings. The summed E-state index contributed by atoms with van der Waals surface area (Å²) in [4.78, 5) is 23.7. The Balaban J connectivity index is 0.00000169. The van der Waals surface area contributed by atoms with E-state index in [1.54, 1.807) is 4.57 Å². The Hall–Kier alpha value is -2.45. The van der Waals surface area contributed by atoms with Crippen LogP contribution < -0.4 is 15.9 Å². The van der Waals surface area contributed by atoms with Crippen molar-refractivity contribution in [3.8, 4) is 5.75 Å². The molecule has 0 amide bonds. The van der Waals surface area contributed by atoms with E-state index in [2.05, 4.69) is 0 Å². The number of hydrogen-bond donors (Lipinski definition) is 2. The summed E-state index contributed by atoms with van der Waals surface area (Å²) >= 11 is 0. The highest BCUT2D eigenvalue weighted by molar-refractivity contribution is 5.95. The number of carbonyl (C=O) groups is 1. The van der Waals surface area contributed by atoms with E-state index in [1.165, 1.54) is 6.20 Å². The third kappa shape index (κ3) is 2.03. The highest BCUT2D eigenvalue weighted by Gasteiger charge is 2.46. The average Bonchev–Trinajstić information content (AvgIpc) is 3.22. The lowest BCUT2D eigenvalue weighted by atomic mass is 9.98. The topological polar surface area (TPSA) is 126 Å². The quantitative estimate of drug-likeness (QED) is 0.843. The second-order valence-electron chi connectivity index (χ2n) is 6.36. The van der Waals surface area contributed by atoms with Crippen molar-refractivity contribution in [3.63, 3.8) is 0 Å². The fourth-order valence-corrected chi connectivity index (χ4v) is 3.23. The molecule has 1 atom stereocenters. The Morgan fingerprint density at radius 2 is 2.17 bits per heavy atom. The fourth-order valence-electron chi connectivity index (χ4n) is 3.23. The van der Waals surface area contributed by atoms with Gasteiger partial charge in [0.25, 0.3) is 0 Å². The smallest absolute Gasteiger partial charge is 0.341 e. The van der Waals surface area contributed by atoms with E-state index < -0.39 is 22.8 Å². The van der Waals surface area contributed by atoms with Crippen LogP contribution in [0.2, 0.25) is 0 Å². The van der Waals surface area contributed by atoms with E-state index in [-0.39, 0.29) is 40.4 Å². The van der Waals surface area contributed by atoms with E-state index in [0.29, 0.717) is 18.4 Å². The lowest BCUT2D eigenvalue weighted by molar-refractivity contribution is 0.0694. The zero-order chi connectivity index (χ0) is 16.5. The van der Waals surface area contributed by atoms with Crippen LogP contribution in [0.15, 0.2) is 17.1 Å². The van der Waals surface area contributed by atoms with Gasteiger partial charge in [-0.05, 0) is 25.8 Å². The molecule has 1 aromatic heterocycles. The van der Waals surface area contributed by atoms with Crippen LogP contribution in [0.1, 0.15) is 41.7 Å². The summed E-state index contributed by atoms with van der Waals surface area (Å²) in [6.07, 6.45) is 2.61. The number of benzene rings is 1. The number of carboxylic acid groups (broad SMARTS) is 1. The molecule has 1 fully saturated rings. The first kappa shape index (κ1) is 16.4. The van der Waals surface area contributed by atoms with Crippen molar-refractivity contribution in [1.29, 1.82) is 0 Å². The highest BCUT2D eigenvalue weighted by Crippen LogP contribution is 2.50. The second-order valence-corrected chi connectivity index (χ2v) is 6.36. The van der Waals surface area contributed by atoms with Crippen LogP contribution >= 0.6 is 0 Å². The second kappa shape index (κ2) is 5.02. The fraction of sp³-hybridized carbons (Fsp3) is 0.375. The maximum atomic E-state index is 14.6. The number of carboxylic acids is 1. The number of hydrogen-bond acceptors (Lipinski definition) is 4. The Morgan fingerprint density at radius 3 is 2.75 bits per heavy atom. The van der Waals surface area contributed by atoms with Crippen molar-refractivity contribution < 1.29 is 24.5 Å². The van der Waals surface area contributed by atoms with Crippen LogP contribution in [0, 0.1) is 5.82 Å². The first-order chi connectivity index (χ1) is 10.8. The number of halogens is 1. The Morgan fingerprint density at radius 1 is 1.50 bits per heavy atom. The van der Waals surface area contributed by atoms with Gasteiger partial charge in [0.15, 0.2) is 5.75 Å². The zero-order valence-electron chi connectivity index (χ0n) is 12.9. The molecule has 1 aliphatic carbocycles. The molecule has 7 nitrogen and oxygen atoms in total. The molecule has 0 unspecified atom stereocenters. The molecule has 4 rings (SSSR count). The number of nitrogens with two attached hydrogens (primary N) is 1. The Bertz CT molecular complexity index is 932. The van der Waals surface area contributed by atoms with Gasteiger partial charge in [-0.25, -0.2) is 9.18 Å². The van der Waals surface area contributed by atoms with Gasteiger partial charge in [0.05, 0.1) is 22.5 Å². The van der Waals surface area contributed by atoms with Crippen LogP contribution in [-0.4, -0.2) is 27.7 Å². The molecule has 24 heavy (non-hydrogen) atoms. The van der Waals surface area contributed by atoms with Crippen LogP contribution in [0.25, 0.3) is 10.9 Å². The highest BCUT2D eigenvalue weighted by atomic mass is 19.1. The molecule has 5 N–H and O–H groups in total. The van der Waals surface area contributed by atoms with E-state index in [1.807, 2.05) is 6.92 Å². The summed E-state index contributed by atoms with van der Waals surface area (Å²) in [6.45, 7) is 2.10. The summed E-state index contributed by atoms with van der Waals surface area (Å²) in [7, 11) is 0. The minimum atomic E-state index is -1.33. The van der Waals surface area contributed by atoms with Gasteiger partial charge in [-0.2, -0.15) is 0 Å². The third-order valence-corrected chi connectivity index (χ3v) is 4.68. The van der Waals surface area contributed by atoms with Gasteiger partial charge in [0.2, 0.25) is 5.43 Å². The first-order valence-corrected chi connectivity index (χ1v) is 7.40. The van der Waals surface area contributed by atoms with Crippen LogP contribution in [0.5, 0.6) is 5.75 Å². The largest absolute Gasteiger partial charge is 0.489 e. The van der Waals surface area contributed by atoms with Crippen molar-refractivity contribution in [2.75, 3.05) is 6.61 Å². The molecule has 128 valence electrons. The van der Waals surface area contributed by atoms with Crippen molar-refractivity contribution in [3.05, 3.63) is 39.4 Å². The zero-order valence-corrected chi connectivity index (χ0v) is 12.9. The average molecular weight is 336 g/mol. The Kier molecular flexibility index (Phi) is 3.43. The van der Waals surface area contributed by atoms with Gasteiger partial charge < -0.3 is 25.6 Å². The third-order valence-electron chi connectivity index (χ3n) is 4.68. The molecule has 2 heterocycles. The number of aromatic nitrogens is 1. The first-order valence-electron chi connectivity index (χ1n) is 7.40. The summed E-state index contributed by atoms with van der Waals surface area (Å²) in [5.41, 5.74) is 5.02. The molecule has 0 spiro atoms. The van der Waals surface area contributed by atoms with E-state index >= 15 is 0 Å². The van der Waals surface area contributed by atoms with Gasteiger partial charge in [0.1, 0.15) is 18.0 Å². The molecule has 1 aliphatic heterocycles. The van der Waals surface area contributed by atoms with E-state index in [9.17, 15) is 19.1 Å². The molecule has 0 saturated heterocycles. The molecule has 1 saturated carbocycles. The number of nitrogens with zero attached hydrogens (tertiary/aromatic N) is 1. The molecular weight excluding hydrogens is 319 g/mol. The standard InChI is InChI=1S/C16H15FN2O4.H2O/c1-7-6-23-14-11(16(18)2-3-16)10(17)4-8-12(14)19(7)5-9(13(8)20)15(21)22;/h4-5,7H,2-3,6,18H2,1H3,(H,21,22);1H2/t7-;/m0./s1. The van der Waals surface area contributed by atoms with E-state index in [0.717, 1.165) is 6.07 Å². The predicted octanol–water partition coefficient (Wildman–Crippen LogP) is 0.915. The minimum Gasteiger partial charge on any atom is -0.489 e. The number of aromatic carboxylic acids is 1. The van der Waals surface area contributed by atoms with Crippen molar-refractivity contribution in [2.24, 2.45) is 5.73 Å². The van der Waals surface area contributed by atoms with Crippen molar-refractivity contribution >= 4 is 16.9 Å². The lowest BCUT2D eigenvalue weighted by Crippen LogP contribution is -2.30. The molecule has 8 heteroatoms. The summed E-state index contributed by atoms with van der Waals surface area (Å²) in [5, 5.41) is 9.23. The number of pyridine rings is 1. The van der Waals surface area contributed by atoms with Crippen molar-refractivity contribution in [2.45, 2.75) is 31.3 Å². The van der Waals surface area contributed by atoms with E-state index in [4.69, 9.17) is 10.5 Å². The SMILES string of the molecule is C[C@H]1COc2c(C3(N)CC3)c(F)cc3c(=O)c(C(=O)O)cn1c23.O. The molecule has 2 aromatic rings. The van der Waals surface area contributed by atoms with Gasteiger partial charge in [-0.1, -0.05) is 0 Å². The van der Waals surface area contributed by atoms with Crippen LogP contribution in [-0.2, 0) is 5.54 Å². The van der Waals surface area contributed by atoms with Gasteiger partial charge in [-0.15, -0.1) is 0 Å². The predicted molar refractivity (Wildman–Crippen MR) is 84.0 cm³/mol. The maximum absolute atomic E-state index is 14.6. The lowest BCUT2D eigenvalue weighted by Gasteiger charge is -2.29. The van der Waals surface area contributed by atoms with Crippen molar-refractivity contribution in [1.82, 2.24) is 4.57 Å². The number of ether oxygens (including phenoxy) is 1. The molecule has 1 aromatic carbocycles. The Labute approximate surface area is 135 Å². The van der Waals surface area contributed by atoms with Gasteiger partial charge in [0, 0.05) is 11.7 Å². The van der Waals surface area contributed by atoms with Crippen LogP contribution in [0.4, 0.5) is 4.39 Å². The van der Waals surface area contributed by atoms with Crippen LogP contribution in [0.3, 0.4) is 0 Å². The number of rotatable bonds is 2.